The van der Waals surface area contributed by atoms with Crippen LogP contribution in [-0.4, -0.2) is 57.0 Å². The second-order valence-corrected chi connectivity index (χ2v) is 9.38. The molecule has 0 radical (unpaired) electrons. The first-order valence-corrected chi connectivity index (χ1v) is 11.4. The van der Waals surface area contributed by atoms with Gasteiger partial charge in [0.1, 0.15) is 0 Å². The third-order valence-corrected chi connectivity index (χ3v) is 6.85. The van der Waals surface area contributed by atoms with Crippen LogP contribution in [0, 0.1) is 5.92 Å². The van der Waals surface area contributed by atoms with Crippen molar-refractivity contribution in [3.05, 3.63) is 42.0 Å². The molecule has 0 aromatic heterocycles. The van der Waals surface area contributed by atoms with Crippen LogP contribution in [0.3, 0.4) is 0 Å². The van der Waals surface area contributed by atoms with E-state index in [1.165, 1.54) is 11.1 Å². The summed E-state index contributed by atoms with van der Waals surface area (Å²) in [5.74, 6) is 1.69. The van der Waals surface area contributed by atoms with E-state index in [0.717, 1.165) is 44.9 Å². The summed E-state index contributed by atoms with van der Waals surface area (Å²) >= 11 is 0. The van der Waals surface area contributed by atoms with Crippen LogP contribution in [0.15, 0.2) is 41.4 Å². The van der Waals surface area contributed by atoms with E-state index in [9.17, 15) is 8.42 Å². The molecule has 1 fully saturated rings. The molecule has 2 aliphatic rings. The molecule has 3 rings (SSSR count). The molecule has 2 aliphatic heterocycles. The minimum atomic E-state index is -2.84. The average Bonchev–Trinajstić information content (AvgIpc) is 3.02. The third-order valence-electron chi connectivity index (χ3n) is 5.01. The molecular formula is C20H30IN3O2S. The van der Waals surface area contributed by atoms with Crippen molar-refractivity contribution < 1.29 is 8.42 Å². The molecule has 1 unspecified atom stereocenters. The Bertz CT molecular complexity index is 763. The van der Waals surface area contributed by atoms with E-state index in [0.29, 0.717) is 12.3 Å². The molecule has 1 N–H and O–H groups in total. The number of aliphatic imine (C=N–C) groups is 1. The summed E-state index contributed by atoms with van der Waals surface area (Å²) in [6.45, 7) is 5.38. The summed E-state index contributed by atoms with van der Waals surface area (Å²) < 4.78 is 23.3. The maximum Gasteiger partial charge on any atom is 0.194 e. The Morgan fingerprint density at radius 2 is 2.07 bits per heavy atom. The normalized spacial score (nSPS) is 22.1. The van der Waals surface area contributed by atoms with Gasteiger partial charge in [0, 0.05) is 26.2 Å². The van der Waals surface area contributed by atoms with E-state index in [-0.39, 0.29) is 35.6 Å². The Morgan fingerprint density at radius 3 is 2.67 bits per heavy atom. The number of halogens is 1. The van der Waals surface area contributed by atoms with Gasteiger partial charge in [0.05, 0.1) is 11.5 Å². The predicted octanol–water partition coefficient (Wildman–Crippen LogP) is 3.18. The fourth-order valence-corrected chi connectivity index (χ4v) is 5.36. The minimum Gasteiger partial charge on any atom is -0.356 e. The third kappa shape index (κ3) is 6.48. The minimum absolute atomic E-state index is 0. The molecule has 150 valence electrons. The van der Waals surface area contributed by atoms with Gasteiger partial charge >= 0.3 is 0 Å². The van der Waals surface area contributed by atoms with E-state index in [1.54, 1.807) is 0 Å². The van der Waals surface area contributed by atoms with Crippen LogP contribution in [-0.2, 0) is 9.84 Å². The SMILES string of the molecule is CCCNC(=NCC1CCS(=O)(=O)C1)N1CC=C(c2ccccc2)CC1.I. The Morgan fingerprint density at radius 1 is 1.30 bits per heavy atom. The summed E-state index contributed by atoms with van der Waals surface area (Å²) in [5.41, 5.74) is 2.68. The molecule has 0 bridgehead atoms. The van der Waals surface area contributed by atoms with Gasteiger partial charge in [-0.15, -0.1) is 24.0 Å². The molecular weight excluding hydrogens is 473 g/mol. The van der Waals surface area contributed by atoms with Crippen molar-refractivity contribution in [3.8, 4) is 0 Å². The molecule has 2 heterocycles. The topological polar surface area (TPSA) is 61.8 Å². The lowest BCUT2D eigenvalue weighted by Crippen LogP contribution is -2.44. The fraction of sp³-hybridized carbons (Fsp3) is 0.550. The van der Waals surface area contributed by atoms with Crippen LogP contribution in [0.1, 0.15) is 31.7 Å². The summed E-state index contributed by atoms with van der Waals surface area (Å²) in [6, 6.07) is 10.5. The molecule has 1 saturated heterocycles. The van der Waals surface area contributed by atoms with Gasteiger partial charge in [0.2, 0.25) is 0 Å². The molecule has 1 atom stereocenters. The zero-order chi connectivity index (χ0) is 18.4. The highest BCUT2D eigenvalue weighted by atomic mass is 127. The largest absolute Gasteiger partial charge is 0.356 e. The number of hydrogen-bond donors (Lipinski definition) is 1. The van der Waals surface area contributed by atoms with Crippen LogP contribution >= 0.6 is 24.0 Å². The van der Waals surface area contributed by atoms with E-state index in [2.05, 4.69) is 47.5 Å². The molecule has 5 nitrogen and oxygen atoms in total. The quantitative estimate of drug-likeness (QED) is 0.381. The number of nitrogens with zero attached hydrogens (tertiary/aromatic N) is 2. The highest BCUT2D eigenvalue weighted by Gasteiger charge is 2.28. The van der Waals surface area contributed by atoms with Gasteiger partial charge in [-0.25, -0.2) is 8.42 Å². The highest BCUT2D eigenvalue weighted by molar-refractivity contribution is 14.0. The number of hydrogen-bond acceptors (Lipinski definition) is 3. The van der Waals surface area contributed by atoms with Crippen molar-refractivity contribution in [1.82, 2.24) is 10.2 Å². The Labute approximate surface area is 180 Å². The zero-order valence-corrected chi connectivity index (χ0v) is 19.1. The van der Waals surface area contributed by atoms with Gasteiger partial charge in [-0.05, 0) is 36.3 Å². The van der Waals surface area contributed by atoms with Gasteiger partial charge in [-0.1, -0.05) is 43.3 Å². The lowest BCUT2D eigenvalue weighted by Gasteiger charge is -2.30. The van der Waals surface area contributed by atoms with E-state index < -0.39 is 9.84 Å². The maximum atomic E-state index is 11.6. The van der Waals surface area contributed by atoms with Gasteiger partial charge in [-0.2, -0.15) is 0 Å². The summed E-state index contributed by atoms with van der Waals surface area (Å²) in [4.78, 5) is 7.04. The van der Waals surface area contributed by atoms with Crippen LogP contribution in [0.25, 0.3) is 5.57 Å². The predicted molar refractivity (Wildman–Crippen MR) is 123 cm³/mol. The second-order valence-electron chi connectivity index (χ2n) is 7.15. The molecule has 0 saturated carbocycles. The Balaban J connectivity index is 0.00000261. The van der Waals surface area contributed by atoms with E-state index in [4.69, 9.17) is 4.99 Å². The average molecular weight is 503 g/mol. The first-order valence-electron chi connectivity index (χ1n) is 9.55. The number of sulfone groups is 1. The van der Waals surface area contributed by atoms with Crippen LogP contribution in [0.4, 0.5) is 0 Å². The first kappa shape index (κ1) is 22.2. The van der Waals surface area contributed by atoms with Crippen molar-refractivity contribution in [1.29, 1.82) is 0 Å². The van der Waals surface area contributed by atoms with Crippen LogP contribution < -0.4 is 5.32 Å². The molecule has 0 spiro atoms. The number of benzene rings is 1. The molecule has 1 aromatic rings. The van der Waals surface area contributed by atoms with Crippen molar-refractivity contribution in [2.75, 3.05) is 37.7 Å². The maximum absolute atomic E-state index is 11.6. The molecule has 0 aliphatic carbocycles. The smallest absolute Gasteiger partial charge is 0.194 e. The summed E-state index contributed by atoms with van der Waals surface area (Å²) in [6.07, 6.45) is 5.05. The van der Waals surface area contributed by atoms with Gasteiger partial charge in [0.15, 0.2) is 15.8 Å². The lowest BCUT2D eigenvalue weighted by atomic mass is 10.00. The Hall–Kier alpha value is -1.09. The van der Waals surface area contributed by atoms with Crippen molar-refractivity contribution in [2.24, 2.45) is 10.9 Å². The summed E-state index contributed by atoms with van der Waals surface area (Å²) in [7, 11) is -2.84. The number of guanidine groups is 1. The van der Waals surface area contributed by atoms with Crippen LogP contribution in [0.2, 0.25) is 0 Å². The van der Waals surface area contributed by atoms with Crippen molar-refractivity contribution in [2.45, 2.75) is 26.2 Å². The summed E-state index contributed by atoms with van der Waals surface area (Å²) in [5, 5.41) is 3.44. The van der Waals surface area contributed by atoms with Crippen molar-refractivity contribution >= 4 is 45.3 Å². The van der Waals surface area contributed by atoms with E-state index in [1.807, 2.05) is 6.07 Å². The van der Waals surface area contributed by atoms with Gasteiger partial charge in [0.25, 0.3) is 0 Å². The highest BCUT2D eigenvalue weighted by Crippen LogP contribution is 2.22. The number of nitrogens with one attached hydrogen (secondary N) is 1. The zero-order valence-electron chi connectivity index (χ0n) is 15.9. The van der Waals surface area contributed by atoms with Crippen molar-refractivity contribution in [3.63, 3.8) is 0 Å². The Kier molecular flexibility index (Phi) is 8.60. The lowest BCUT2D eigenvalue weighted by molar-refractivity contribution is 0.436. The molecule has 7 heteroatoms. The monoisotopic (exact) mass is 503 g/mol. The molecule has 0 amide bonds. The fourth-order valence-electron chi connectivity index (χ4n) is 3.51. The van der Waals surface area contributed by atoms with E-state index >= 15 is 0 Å². The standard InChI is InChI=1S/C20H29N3O2S.HI/c1-2-11-21-20(22-15-17-10-14-26(24,25)16-17)23-12-8-19(9-13-23)18-6-4-3-5-7-18;/h3-8,17H,2,9-16H2,1H3,(H,21,22);1H. The van der Waals surface area contributed by atoms with Gasteiger partial charge in [-0.3, -0.25) is 4.99 Å². The second kappa shape index (κ2) is 10.5. The first-order chi connectivity index (χ1) is 12.6. The molecule has 27 heavy (non-hydrogen) atoms. The number of rotatable bonds is 5. The molecule has 1 aromatic carbocycles. The van der Waals surface area contributed by atoms with Crippen LogP contribution in [0.5, 0.6) is 0 Å². The van der Waals surface area contributed by atoms with Gasteiger partial charge < -0.3 is 10.2 Å².